The van der Waals surface area contributed by atoms with Crippen molar-refractivity contribution in [1.82, 2.24) is 4.98 Å². The Bertz CT molecular complexity index is 335. The maximum Gasteiger partial charge on any atom is 0.388 e. The zero-order valence-corrected chi connectivity index (χ0v) is 8.29. The molecule has 1 aromatic rings. The van der Waals surface area contributed by atoms with Gasteiger partial charge in [0.15, 0.2) is 0 Å². The zero-order valence-electron chi connectivity index (χ0n) is 6.71. The van der Waals surface area contributed by atoms with E-state index in [2.05, 4.69) is 31.0 Å². The molecule has 1 heterocycles. The van der Waals surface area contributed by atoms with Gasteiger partial charge in [0.25, 0.3) is 0 Å². The second kappa shape index (κ2) is 4.85. The Morgan fingerprint density at radius 2 is 2.36 bits per heavy atom. The monoisotopic (exact) mass is 266 g/mol. The average Bonchev–Trinajstić information content (AvgIpc) is 2.09. The number of nitrogens with zero attached hydrogens (tertiary/aromatic N) is 1. The number of ether oxygens (including phenoxy) is 1. The van der Waals surface area contributed by atoms with E-state index in [1.165, 1.54) is 12.3 Å². The van der Waals surface area contributed by atoms with E-state index < -0.39 is 6.61 Å². The summed E-state index contributed by atoms with van der Waals surface area (Å²) >= 11 is 3.07. The predicted molar refractivity (Wildman–Crippen MR) is 48.3 cm³/mol. The lowest BCUT2D eigenvalue weighted by Crippen LogP contribution is -2.07. The number of alkyl halides is 2. The smallest absolute Gasteiger partial charge is 0.388 e. The normalized spacial score (nSPS) is 10.0. The van der Waals surface area contributed by atoms with Crippen molar-refractivity contribution in [2.75, 3.05) is 5.32 Å². The molecule has 0 saturated carbocycles. The summed E-state index contributed by atoms with van der Waals surface area (Å²) in [5.41, 5.74) is 0.0784. The largest absolute Gasteiger partial charge is 0.415 e. The van der Waals surface area contributed by atoms with E-state index in [4.69, 9.17) is 0 Å². The Kier molecular flexibility index (Phi) is 3.75. The van der Waals surface area contributed by atoms with Gasteiger partial charge >= 0.3 is 6.61 Å². The first kappa shape index (κ1) is 10.8. The molecule has 0 unspecified atom stereocenters. The average molecular weight is 267 g/mol. The fourth-order valence-electron chi connectivity index (χ4n) is 0.772. The summed E-state index contributed by atoms with van der Waals surface area (Å²) in [6, 6.07) is 1.40. The number of pyridine rings is 1. The first-order chi connectivity index (χ1) is 6.63. The van der Waals surface area contributed by atoms with Crippen molar-refractivity contribution in [3.63, 3.8) is 0 Å². The number of carbonyl (C=O) groups excluding carboxylic acids is 1. The lowest BCUT2D eigenvalue weighted by atomic mass is 10.4. The van der Waals surface area contributed by atoms with Crippen LogP contribution in [0, 0.1) is 0 Å². The molecule has 0 bridgehead atoms. The molecule has 0 atom stereocenters. The topological polar surface area (TPSA) is 51.2 Å². The van der Waals surface area contributed by atoms with Crippen molar-refractivity contribution in [3.8, 4) is 5.88 Å². The van der Waals surface area contributed by atoms with Crippen molar-refractivity contribution in [2.45, 2.75) is 6.61 Å². The fourth-order valence-corrected chi connectivity index (χ4v) is 1.10. The minimum atomic E-state index is -2.98. The highest BCUT2D eigenvalue weighted by Crippen LogP contribution is 2.25. The van der Waals surface area contributed by atoms with Crippen LogP contribution in [0.25, 0.3) is 0 Å². The molecular formula is C7H5BrF2N2O2. The fraction of sp³-hybridized carbons (Fsp3) is 0.143. The SMILES string of the molecule is O=CNc1cc(Br)cnc1OC(F)F. The van der Waals surface area contributed by atoms with Gasteiger partial charge in [-0.1, -0.05) is 0 Å². The van der Waals surface area contributed by atoms with Crippen LogP contribution in [0.1, 0.15) is 0 Å². The van der Waals surface area contributed by atoms with E-state index in [-0.39, 0.29) is 11.6 Å². The third-order valence-corrected chi connectivity index (χ3v) is 1.67. The van der Waals surface area contributed by atoms with Gasteiger partial charge in [0, 0.05) is 10.7 Å². The number of halogens is 3. The van der Waals surface area contributed by atoms with Gasteiger partial charge < -0.3 is 10.1 Å². The number of nitrogens with one attached hydrogen (secondary N) is 1. The van der Waals surface area contributed by atoms with E-state index >= 15 is 0 Å². The molecular weight excluding hydrogens is 262 g/mol. The molecule has 0 fully saturated rings. The maximum atomic E-state index is 11.9. The van der Waals surface area contributed by atoms with E-state index in [0.717, 1.165) is 0 Å². The summed E-state index contributed by atoms with van der Waals surface area (Å²) in [5, 5.41) is 2.19. The Morgan fingerprint density at radius 1 is 1.64 bits per heavy atom. The van der Waals surface area contributed by atoms with Crippen LogP contribution < -0.4 is 10.1 Å². The number of hydrogen-bond acceptors (Lipinski definition) is 3. The highest BCUT2D eigenvalue weighted by molar-refractivity contribution is 9.10. The van der Waals surface area contributed by atoms with Crippen molar-refractivity contribution < 1.29 is 18.3 Å². The number of amides is 1. The third kappa shape index (κ3) is 2.91. The minimum Gasteiger partial charge on any atom is -0.415 e. The molecule has 0 aliphatic rings. The lowest BCUT2D eigenvalue weighted by Gasteiger charge is -2.07. The molecule has 0 aliphatic carbocycles. The van der Waals surface area contributed by atoms with Crippen molar-refractivity contribution in [1.29, 1.82) is 0 Å². The molecule has 0 spiro atoms. The quantitative estimate of drug-likeness (QED) is 0.849. The highest BCUT2D eigenvalue weighted by Gasteiger charge is 2.11. The summed E-state index contributed by atoms with van der Waals surface area (Å²) in [5.74, 6) is -0.324. The molecule has 0 saturated heterocycles. The number of hydrogen-bond donors (Lipinski definition) is 1. The molecule has 1 rings (SSSR count). The van der Waals surface area contributed by atoms with Crippen LogP contribution in [0.2, 0.25) is 0 Å². The van der Waals surface area contributed by atoms with Crippen molar-refractivity contribution >= 4 is 28.0 Å². The lowest BCUT2D eigenvalue weighted by molar-refractivity contribution is -0.105. The van der Waals surface area contributed by atoms with Gasteiger partial charge in [-0.3, -0.25) is 4.79 Å². The first-order valence-corrected chi connectivity index (χ1v) is 4.23. The molecule has 0 aliphatic heterocycles. The van der Waals surface area contributed by atoms with E-state index in [1.807, 2.05) is 0 Å². The minimum absolute atomic E-state index is 0.0784. The standard InChI is InChI=1S/C7H5BrF2N2O2/c8-4-1-5(12-3-13)6(11-2-4)14-7(9)10/h1-3,7H,(H,12,13). The summed E-state index contributed by atoms with van der Waals surface area (Å²) < 4.78 is 28.3. The summed E-state index contributed by atoms with van der Waals surface area (Å²) in [6.07, 6.45) is 1.63. The van der Waals surface area contributed by atoms with Crippen molar-refractivity contribution in [3.05, 3.63) is 16.7 Å². The van der Waals surface area contributed by atoms with Crippen LogP contribution in [0.4, 0.5) is 14.5 Å². The van der Waals surface area contributed by atoms with Gasteiger partial charge in [-0.05, 0) is 22.0 Å². The van der Waals surface area contributed by atoms with Gasteiger partial charge in [0.2, 0.25) is 12.3 Å². The second-order valence-electron chi connectivity index (χ2n) is 2.15. The number of aromatic nitrogens is 1. The van der Waals surface area contributed by atoms with E-state index in [1.54, 1.807) is 0 Å². The number of carbonyl (C=O) groups is 1. The molecule has 14 heavy (non-hydrogen) atoms. The molecule has 76 valence electrons. The molecule has 1 N–H and O–H groups in total. The Labute approximate surface area is 86.4 Å². The van der Waals surface area contributed by atoms with E-state index in [0.29, 0.717) is 10.9 Å². The van der Waals surface area contributed by atoms with Gasteiger partial charge in [-0.2, -0.15) is 8.78 Å². The van der Waals surface area contributed by atoms with Crippen LogP contribution in [-0.2, 0) is 4.79 Å². The zero-order chi connectivity index (χ0) is 10.6. The van der Waals surface area contributed by atoms with Crippen molar-refractivity contribution in [2.24, 2.45) is 0 Å². The molecule has 1 aromatic heterocycles. The van der Waals surface area contributed by atoms with Crippen LogP contribution in [0.3, 0.4) is 0 Å². The summed E-state index contributed by atoms with van der Waals surface area (Å²) in [7, 11) is 0. The molecule has 0 aromatic carbocycles. The predicted octanol–water partition coefficient (Wildman–Crippen LogP) is 2.01. The van der Waals surface area contributed by atoms with E-state index in [9.17, 15) is 13.6 Å². The second-order valence-corrected chi connectivity index (χ2v) is 3.06. The first-order valence-electron chi connectivity index (χ1n) is 3.44. The molecule has 7 heteroatoms. The maximum absolute atomic E-state index is 11.9. The molecule has 4 nitrogen and oxygen atoms in total. The Morgan fingerprint density at radius 3 is 2.93 bits per heavy atom. The Balaban J connectivity index is 2.95. The van der Waals surface area contributed by atoms with Gasteiger partial charge in [0.1, 0.15) is 5.69 Å². The Hall–Kier alpha value is -1.24. The van der Waals surface area contributed by atoms with Crippen LogP contribution in [0.5, 0.6) is 5.88 Å². The van der Waals surface area contributed by atoms with Crippen LogP contribution in [0.15, 0.2) is 16.7 Å². The molecule has 0 radical (unpaired) electrons. The summed E-state index contributed by atoms with van der Waals surface area (Å²) in [4.78, 5) is 13.7. The summed E-state index contributed by atoms with van der Waals surface area (Å²) in [6.45, 7) is -2.98. The number of anilines is 1. The highest BCUT2D eigenvalue weighted by atomic mass is 79.9. The van der Waals surface area contributed by atoms with Gasteiger partial charge in [-0.25, -0.2) is 4.98 Å². The van der Waals surface area contributed by atoms with Gasteiger partial charge in [-0.15, -0.1) is 0 Å². The van der Waals surface area contributed by atoms with Gasteiger partial charge in [0.05, 0.1) is 0 Å². The molecule has 1 amide bonds. The van der Waals surface area contributed by atoms with Crippen LogP contribution >= 0.6 is 15.9 Å². The number of rotatable bonds is 4. The van der Waals surface area contributed by atoms with Crippen LogP contribution in [-0.4, -0.2) is 18.0 Å². The third-order valence-electron chi connectivity index (χ3n) is 1.23.